The Morgan fingerprint density at radius 1 is 1.14 bits per heavy atom. The summed E-state index contributed by atoms with van der Waals surface area (Å²) in [5.74, 6) is -0.610. The molecule has 0 saturated carbocycles. The Kier molecular flexibility index (Phi) is 5.59. The van der Waals surface area contributed by atoms with E-state index in [1.807, 2.05) is 25.7 Å². The minimum absolute atomic E-state index is 0.189. The monoisotopic (exact) mass is 424 g/mol. The summed E-state index contributed by atoms with van der Waals surface area (Å²) < 4.78 is 5.42. The number of ether oxygens (including phenoxy) is 1. The van der Waals surface area contributed by atoms with Crippen molar-refractivity contribution in [1.82, 2.24) is 9.88 Å². The lowest BCUT2D eigenvalue weighted by molar-refractivity contribution is 0.0240. The SMILES string of the molecule is CC(C)(C)OC(=O)N1CCN(c2c(Cl)nc3ccc(Cl)cc3c2C(N)=O)CC1. The van der Waals surface area contributed by atoms with Crippen LogP contribution < -0.4 is 10.6 Å². The molecule has 0 spiro atoms. The van der Waals surface area contributed by atoms with E-state index in [0.717, 1.165) is 0 Å². The van der Waals surface area contributed by atoms with Gasteiger partial charge in [0.05, 0.1) is 16.8 Å². The fraction of sp³-hybridized carbons (Fsp3) is 0.421. The highest BCUT2D eigenvalue weighted by atomic mass is 35.5. The van der Waals surface area contributed by atoms with Gasteiger partial charge < -0.3 is 20.3 Å². The molecule has 1 aromatic carbocycles. The second kappa shape index (κ2) is 7.64. The van der Waals surface area contributed by atoms with Crippen LogP contribution in [0.1, 0.15) is 31.1 Å². The Balaban J connectivity index is 1.91. The number of pyridine rings is 1. The number of halogens is 2. The summed E-state index contributed by atoms with van der Waals surface area (Å²) >= 11 is 12.5. The molecule has 28 heavy (non-hydrogen) atoms. The Bertz CT molecular complexity index is 935. The number of aromatic nitrogens is 1. The van der Waals surface area contributed by atoms with Crippen LogP contribution in [0.3, 0.4) is 0 Å². The normalized spacial score (nSPS) is 15.0. The van der Waals surface area contributed by atoms with E-state index in [1.165, 1.54) is 0 Å². The van der Waals surface area contributed by atoms with Crippen LogP contribution in [-0.4, -0.2) is 53.7 Å². The summed E-state index contributed by atoms with van der Waals surface area (Å²) in [5.41, 5.74) is 6.40. The number of piperazine rings is 1. The first kappa shape index (κ1) is 20.5. The molecule has 1 saturated heterocycles. The lowest BCUT2D eigenvalue weighted by Crippen LogP contribution is -2.50. The van der Waals surface area contributed by atoms with Crippen molar-refractivity contribution in [1.29, 1.82) is 0 Å². The number of carbonyl (C=O) groups is 2. The second-order valence-electron chi connectivity index (χ2n) is 7.61. The van der Waals surface area contributed by atoms with Crippen molar-refractivity contribution in [2.45, 2.75) is 26.4 Å². The number of hydrogen-bond donors (Lipinski definition) is 1. The predicted molar refractivity (Wildman–Crippen MR) is 110 cm³/mol. The summed E-state index contributed by atoms with van der Waals surface area (Å²) in [5, 5.41) is 1.21. The molecule has 0 radical (unpaired) electrons. The van der Waals surface area contributed by atoms with E-state index in [1.54, 1.807) is 23.1 Å². The molecular weight excluding hydrogens is 403 g/mol. The van der Waals surface area contributed by atoms with E-state index in [2.05, 4.69) is 4.98 Å². The molecule has 9 heteroatoms. The highest BCUT2D eigenvalue weighted by Crippen LogP contribution is 2.35. The maximum atomic E-state index is 12.3. The molecule has 0 bridgehead atoms. The Labute approximate surface area is 173 Å². The average molecular weight is 425 g/mol. The number of rotatable bonds is 2. The summed E-state index contributed by atoms with van der Waals surface area (Å²) in [6.07, 6.45) is -0.364. The number of fused-ring (bicyclic) bond motifs is 1. The number of nitrogens with two attached hydrogens (primary N) is 1. The van der Waals surface area contributed by atoms with E-state index in [-0.39, 0.29) is 16.8 Å². The molecule has 2 aromatic rings. The zero-order chi connectivity index (χ0) is 20.6. The molecule has 1 aliphatic rings. The lowest BCUT2D eigenvalue weighted by Gasteiger charge is -2.37. The van der Waals surface area contributed by atoms with Gasteiger partial charge in [-0.05, 0) is 39.0 Å². The molecule has 150 valence electrons. The van der Waals surface area contributed by atoms with E-state index < -0.39 is 11.5 Å². The number of hydrogen-bond acceptors (Lipinski definition) is 5. The van der Waals surface area contributed by atoms with E-state index >= 15 is 0 Å². The molecule has 2 N–H and O–H groups in total. The predicted octanol–water partition coefficient (Wildman–Crippen LogP) is 3.70. The van der Waals surface area contributed by atoms with E-state index in [4.69, 9.17) is 33.7 Å². The first-order chi connectivity index (χ1) is 13.1. The number of primary amides is 1. The maximum Gasteiger partial charge on any atom is 0.410 e. The van der Waals surface area contributed by atoms with Crippen LogP contribution in [0.15, 0.2) is 18.2 Å². The number of carbonyl (C=O) groups excluding carboxylic acids is 2. The van der Waals surface area contributed by atoms with Gasteiger partial charge in [-0.1, -0.05) is 23.2 Å². The maximum absolute atomic E-state index is 12.3. The fourth-order valence-corrected chi connectivity index (χ4v) is 3.65. The quantitative estimate of drug-likeness (QED) is 0.742. The largest absolute Gasteiger partial charge is 0.444 e. The highest BCUT2D eigenvalue weighted by molar-refractivity contribution is 6.35. The minimum Gasteiger partial charge on any atom is -0.444 e. The number of anilines is 1. The smallest absolute Gasteiger partial charge is 0.410 e. The molecule has 0 unspecified atom stereocenters. The van der Waals surface area contributed by atoms with Crippen molar-refractivity contribution < 1.29 is 14.3 Å². The molecular formula is C19H22Cl2N4O3. The van der Waals surface area contributed by atoms with Crippen molar-refractivity contribution in [3.05, 3.63) is 33.9 Å². The number of amides is 2. The summed E-state index contributed by atoms with van der Waals surface area (Å²) in [7, 11) is 0. The first-order valence-corrected chi connectivity index (χ1v) is 9.64. The van der Waals surface area contributed by atoms with Gasteiger partial charge in [0.15, 0.2) is 5.15 Å². The summed E-state index contributed by atoms with van der Waals surface area (Å²) in [6.45, 7) is 7.26. The van der Waals surface area contributed by atoms with Crippen LogP contribution in [0.25, 0.3) is 10.9 Å². The van der Waals surface area contributed by atoms with Crippen molar-refractivity contribution in [3.8, 4) is 0 Å². The van der Waals surface area contributed by atoms with Gasteiger partial charge in [0.25, 0.3) is 5.91 Å². The van der Waals surface area contributed by atoms with Crippen LogP contribution in [0.5, 0.6) is 0 Å². The highest BCUT2D eigenvalue weighted by Gasteiger charge is 2.29. The van der Waals surface area contributed by atoms with Gasteiger partial charge in [-0.15, -0.1) is 0 Å². The summed E-state index contributed by atoms with van der Waals surface area (Å²) in [6, 6.07) is 5.03. The molecule has 0 atom stereocenters. The van der Waals surface area contributed by atoms with Crippen molar-refractivity contribution in [2.24, 2.45) is 5.73 Å². The molecule has 1 aromatic heterocycles. The standard InChI is InChI=1S/C19H22Cl2N4O3/c1-19(2,3)28-18(27)25-8-6-24(7-9-25)15-14(17(22)26)12-10-11(20)4-5-13(12)23-16(15)21/h4-5,10H,6-9H2,1-3H3,(H2,22,26). The van der Waals surface area contributed by atoms with Gasteiger partial charge in [0.2, 0.25) is 0 Å². The van der Waals surface area contributed by atoms with Crippen LogP contribution in [0.4, 0.5) is 10.5 Å². The van der Waals surface area contributed by atoms with Gasteiger partial charge >= 0.3 is 6.09 Å². The van der Waals surface area contributed by atoms with Crippen molar-refractivity contribution in [2.75, 3.05) is 31.1 Å². The van der Waals surface area contributed by atoms with Crippen LogP contribution >= 0.6 is 23.2 Å². The third-order valence-electron chi connectivity index (χ3n) is 4.37. The topological polar surface area (TPSA) is 88.8 Å². The van der Waals surface area contributed by atoms with Gasteiger partial charge in [-0.2, -0.15) is 0 Å². The molecule has 0 aliphatic carbocycles. The molecule has 1 aliphatic heterocycles. The second-order valence-corrected chi connectivity index (χ2v) is 8.40. The fourth-order valence-electron chi connectivity index (χ4n) is 3.17. The van der Waals surface area contributed by atoms with Gasteiger partial charge in [-0.3, -0.25) is 4.79 Å². The third-order valence-corrected chi connectivity index (χ3v) is 4.87. The Hall–Kier alpha value is -2.25. The van der Waals surface area contributed by atoms with Gasteiger partial charge in [-0.25, -0.2) is 9.78 Å². The number of nitrogens with zero attached hydrogens (tertiary/aromatic N) is 3. The molecule has 2 heterocycles. The van der Waals surface area contributed by atoms with Gasteiger partial charge in [0, 0.05) is 36.6 Å². The van der Waals surface area contributed by atoms with Crippen LogP contribution in [-0.2, 0) is 4.74 Å². The summed E-state index contributed by atoms with van der Waals surface area (Å²) in [4.78, 5) is 32.5. The molecule has 1 fully saturated rings. The van der Waals surface area contributed by atoms with Crippen LogP contribution in [0.2, 0.25) is 10.2 Å². The average Bonchev–Trinajstić information content (AvgIpc) is 2.59. The molecule has 7 nitrogen and oxygen atoms in total. The Morgan fingerprint density at radius 3 is 2.36 bits per heavy atom. The zero-order valence-corrected chi connectivity index (χ0v) is 17.5. The first-order valence-electron chi connectivity index (χ1n) is 8.88. The van der Waals surface area contributed by atoms with E-state index in [0.29, 0.717) is 47.8 Å². The van der Waals surface area contributed by atoms with Crippen molar-refractivity contribution >= 4 is 51.8 Å². The molecule has 2 amide bonds. The van der Waals surface area contributed by atoms with Crippen LogP contribution in [0, 0.1) is 0 Å². The lowest BCUT2D eigenvalue weighted by atomic mass is 10.1. The van der Waals surface area contributed by atoms with E-state index in [9.17, 15) is 9.59 Å². The minimum atomic E-state index is -0.610. The zero-order valence-electron chi connectivity index (χ0n) is 16.0. The van der Waals surface area contributed by atoms with Gasteiger partial charge in [0.1, 0.15) is 5.60 Å². The molecule has 3 rings (SSSR count). The van der Waals surface area contributed by atoms with Crippen molar-refractivity contribution in [3.63, 3.8) is 0 Å². The Morgan fingerprint density at radius 2 is 1.79 bits per heavy atom. The third kappa shape index (κ3) is 4.25. The number of benzene rings is 1.